The fourth-order valence-corrected chi connectivity index (χ4v) is 2.37. The Labute approximate surface area is 158 Å². The van der Waals surface area contributed by atoms with Crippen molar-refractivity contribution in [3.63, 3.8) is 0 Å². The van der Waals surface area contributed by atoms with E-state index in [2.05, 4.69) is 10.5 Å². The molecule has 1 amide bonds. The SMILES string of the molecule is O=C(COc1ccccc1)NN=C(C=Cc1ccccc1)c1ccccc1. The maximum atomic E-state index is 12.1. The quantitative estimate of drug-likeness (QED) is 0.507. The molecule has 0 saturated carbocycles. The Hall–Kier alpha value is -3.66. The Morgan fingerprint density at radius 1 is 0.852 bits per heavy atom. The van der Waals surface area contributed by atoms with Crippen molar-refractivity contribution in [1.29, 1.82) is 0 Å². The van der Waals surface area contributed by atoms with E-state index in [4.69, 9.17) is 4.74 Å². The summed E-state index contributed by atoms with van der Waals surface area (Å²) in [5.74, 6) is 0.323. The van der Waals surface area contributed by atoms with E-state index < -0.39 is 0 Å². The summed E-state index contributed by atoms with van der Waals surface area (Å²) in [7, 11) is 0. The summed E-state index contributed by atoms with van der Waals surface area (Å²) in [6.45, 7) is -0.0992. The number of nitrogens with one attached hydrogen (secondary N) is 1. The molecule has 0 spiro atoms. The summed E-state index contributed by atoms with van der Waals surface area (Å²) in [6, 6.07) is 28.8. The highest BCUT2D eigenvalue weighted by atomic mass is 16.5. The molecule has 27 heavy (non-hydrogen) atoms. The van der Waals surface area contributed by atoms with E-state index in [1.54, 1.807) is 12.1 Å². The van der Waals surface area contributed by atoms with Crippen molar-refractivity contribution in [2.75, 3.05) is 6.61 Å². The van der Waals surface area contributed by atoms with Gasteiger partial charge in [0.15, 0.2) is 6.61 Å². The van der Waals surface area contributed by atoms with Crippen LogP contribution in [0.3, 0.4) is 0 Å². The summed E-state index contributed by atoms with van der Waals surface area (Å²) in [4.78, 5) is 12.1. The number of allylic oxidation sites excluding steroid dienone is 1. The third kappa shape index (κ3) is 5.97. The Morgan fingerprint density at radius 2 is 1.44 bits per heavy atom. The predicted molar refractivity (Wildman–Crippen MR) is 109 cm³/mol. The summed E-state index contributed by atoms with van der Waals surface area (Å²) >= 11 is 0. The highest BCUT2D eigenvalue weighted by Gasteiger charge is 2.04. The summed E-state index contributed by atoms with van der Waals surface area (Å²) < 4.78 is 5.44. The molecule has 1 N–H and O–H groups in total. The van der Waals surface area contributed by atoms with E-state index in [0.717, 1.165) is 11.1 Å². The van der Waals surface area contributed by atoms with Crippen LogP contribution in [0.1, 0.15) is 11.1 Å². The van der Waals surface area contributed by atoms with Gasteiger partial charge in [0.1, 0.15) is 5.75 Å². The topological polar surface area (TPSA) is 50.7 Å². The molecular weight excluding hydrogens is 336 g/mol. The Kier molecular flexibility index (Phi) is 6.54. The van der Waals surface area contributed by atoms with Crippen molar-refractivity contribution in [3.05, 3.63) is 108 Å². The minimum absolute atomic E-state index is 0.0992. The minimum Gasteiger partial charge on any atom is -0.484 e. The van der Waals surface area contributed by atoms with Crippen molar-refractivity contribution in [1.82, 2.24) is 5.43 Å². The number of benzene rings is 3. The maximum absolute atomic E-state index is 12.1. The summed E-state index contributed by atoms with van der Waals surface area (Å²) in [5, 5.41) is 4.27. The molecule has 0 aliphatic carbocycles. The highest BCUT2D eigenvalue weighted by Crippen LogP contribution is 2.08. The average Bonchev–Trinajstić information content (AvgIpc) is 2.74. The van der Waals surface area contributed by atoms with E-state index >= 15 is 0 Å². The molecule has 3 aromatic carbocycles. The van der Waals surface area contributed by atoms with Crippen LogP contribution in [0.4, 0.5) is 0 Å². The molecular formula is C23H20N2O2. The number of nitrogens with zero attached hydrogens (tertiary/aromatic N) is 1. The van der Waals surface area contributed by atoms with Crippen LogP contribution in [0.5, 0.6) is 5.75 Å². The molecule has 0 bridgehead atoms. The number of rotatable bonds is 7. The minimum atomic E-state index is -0.319. The van der Waals surface area contributed by atoms with Gasteiger partial charge in [-0.05, 0) is 23.8 Å². The highest BCUT2D eigenvalue weighted by molar-refractivity contribution is 6.11. The van der Waals surface area contributed by atoms with Gasteiger partial charge in [-0.15, -0.1) is 0 Å². The van der Waals surface area contributed by atoms with Gasteiger partial charge in [-0.2, -0.15) is 5.10 Å². The average molecular weight is 356 g/mol. The first kappa shape index (κ1) is 18.1. The fourth-order valence-electron chi connectivity index (χ4n) is 2.37. The predicted octanol–water partition coefficient (Wildman–Crippen LogP) is 4.30. The van der Waals surface area contributed by atoms with E-state index in [0.29, 0.717) is 11.5 Å². The molecule has 0 heterocycles. The number of carbonyl (C=O) groups excluding carboxylic acids is 1. The lowest BCUT2D eigenvalue weighted by atomic mass is 10.1. The molecule has 4 heteroatoms. The molecule has 0 aromatic heterocycles. The van der Waals surface area contributed by atoms with Crippen LogP contribution in [0.2, 0.25) is 0 Å². The lowest BCUT2D eigenvalue weighted by molar-refractivity contribution is -0.123. The van der Waals surface area contributed by atoms with Crippen molar-refractivity contribution >= 4 is 17.7 Å². The van der Waals surface area contributed by atoms with Crippen LogP contribution >= 0.6 is 0 Å². The molecule has 0 saturated heterocycles. The number of hydrogen-bond acceptors (Lipinski definition) is 3. The van der Waals surface area contributed by atoms with Crippen LogP contribution < -0.4 is 10.2 Å². The molecule has 0 fully saturated rings. The van der Waals surface area contributed by atoms with Gasteiger partial charge in [-0.1, -0.05) is 84.9 Å². The molecule has 0 aliphatic rings. The zero-order valence-electron chi connectivity index (χ0n) is 14.8. The van der Waals surface area contributed by atoms with Crippen molar-refractivity contribution < 1.29 is 9.53 Å². The standard InChI is InChI=1S/C23H20N2O2/c26-23(18-27-21-14-8-3-9-15-21)25-24-22(20-12-6-2-7-13-20)17-16-19-10-4-1-5-11-19/h1-17H,18H2,(H,25,26). The van der Waals surface area contributed by atoms with Crippen molar-refractivity contribution in [2.24, 2.45) is 5.10 Å². The van der Waals surface area contributed by atoms with Gasteiger partial charge in [0.25, 0.3) is 5.91 Å². The first-order valence-electron chi connectivity index (χ1n) is 8.64. The van der Waals surface area contributed by atoms with Gasteiger partial charge in [0.2, 0.25) is 0 Å². The summed E-state index contributed by atoms with van der Waals surface area (Å²) in [5.41, 5.74) is 5.19. The van der Waals surface area contributed by atoms with E-state index in [9.17, 15) is 4.79 Å². The number of para-hydroxylation sites is 1. The number of hydrazone groups is 1. The molecule has 134 valence electrons. The van der Waals surface area contributed by atoms with E-state index in [-0.39, 0.29) is 12.5 Å². The van der Waals surface area contributed by atoms with E-state index in [1.165, 1.54) is 0 Å². The van der Waals surface area contributed by atoms with Crippen LogP contribution in [-0.4, -0.2) is 18.2 Å². The first-order chi connectivity index (χ1) is 13.3. The van der Waals surface area contributed by atoms with Crippen LogP contribution in [0.25, 0.3) is 6.08 Å². The Balaban J connectivity index is 1.68. The molecule has 3 aromatic rings. The second kappa shape index (κ2) is 9.73. The third-order valence-electron chi connectivity index (χ3n) is 3.72. The van der Waals surface area contributed by atoms with Gasteiger partial charge >= 0.3 is 0 Å². The van der Waals surface area contributed by atoms with Crippen molar-refractivity contribution in [3.8, 4) is 5.75 Å². The maximum Gasteiger partial charge on any atom is 0.277 e. The van der Waals surface area contributed by atoms with Crippen molar-refractivity contribution in [2.45, 2.75) is 0 Å². The second-order valence-corrected chi connectivity index (χ2v) is 5.74. The smallest absolute Gasteiger partial charge is 0.277 e. The van der Waals surface area contributed by atoms with Crippen LogP contribution in [0.15, 0.2) is 102 Å². The van der Waals surface area contributed by atoms with Gasteiger partial charge in [-0.25, -0.2) is 5.43 Å². The second-order valence-electron chi connectivity index (χ2n) is 5.74. The Bertz CT molecular complexity index is 905. The van der Waals surface area contributed by atoms with Crippen LogP contribution in [0, 0.1) is 0 Å². The number of carbonyl (C=O) groups is 1. The molecule has 0 radical (unpaired) electrons. The van der Waals surface area contributed by atoms with Gasteiger partial charge in [0.05, 0.1) is 5.71 Å². The lowest BCUT2D eigenvalue weighted by Crippen LogP contribution is -2.25. The van der Waals surface area contributed by atoms with E-state index in [1.807, 2.05) is 91.0 Å². The lowest BCUT2D eigenvalue weighted by Gasteiger charge is -2.06. The molecule has 3 rings (SSSR count). The molecule has 0 atom stereocenters. The fraction of sp³-hybridized carbons (Fsp3) is 0.0435. The van der Waals surface area contributed by atoms with Gasteiger partial charge in [-0.3, -0.25) is 4.79 Å². The molecule has 0 aliphatic heterocycles. The summed E-state index contributed by atoms with van der Waals surface area (Å²) in [6.07, 6.45) is 3.83. The third-order valence-corrected chi connectivity index (χ3v) is 3.72. The zero-order chi connectivity index (χ0) is 18.7. The van der Waals surface area contributed by atoms with Gasteiger partial charge < -0.3 is 4.74 Å². The Morgan fingerprint density at radius 3 is 2.11 bits per heavy atom. The number of ether oxygens (including phenoxy) is 1. The monoisotopic (exact) mass is 356 g/mol. The molecule has 4 nitrogen and oxygen atoms in total. The zero-order valence-corrected chi connectivity index (χ0v) is 14.8. The van der Waals surface area contributed by atoms with Crippen LogP contribution in [-0.2, 0) is 4.79 Å². The number of hydrogen-bond donors (Lipinski definition) is 1. The number of amides is 1. The normalized spacial score (nSPS) is 11.3. The first-order valence-corrected chi connectivity index (χ1v) is 8.64. The molecule has 0 unspecified atom stereocenters. The van der Waals surface area contributed by atoms with Gasteiger partial charge in [0, 0.05) is 5.56 Å². The largest absolute Gasteiger partial charge is 0.484 e.